The smallest absolute Gasteiger partial charge is 0.0834 e. The summed E-state index contributed by atoms with van der Waals surface area (Å²) in [7, 11) is 4.03. The monoisotopic (exact) mass is 254 g/mol. The molecule has 0 aliphatic carbocycles. The van der Waals surface area contributed by atoms with E-state index in [2.05, 4.69) is 9.80 Å². The van der Waals surface area contributed by atoms with Gasteiger partial charge in [-0.3, -0.25) is 4.90 Å². The zero-order valence-corrected chi connectivity index (χ0v) is 11.1. The quantitative estimate of drug-likeness (QED) is 0.885. The second-order valence-corrected chi connectivity index (χ2v) is 5.36. The molecule has 1 aromatic carbocycles. The Bertz CT molecular complexity index is 366. The molecule has 2 atom stereocenters. The normalized spacial score (nSPS) is 25.7. The second kappa shape index (κ2) is 5.36. The molecule has 4 heteroatoms. The lowest BCUT2D eigenvalue weighted by molar-refractivity contribution is 0.112. The van der Waals surface area contributed by atoms with Crippen molar-refractivity contribution >= 4 is 11.6 Å². The van der Waals surface area contributed by atoms with Crippen molar-refractivity contribution in [1.82, 2.24) is 9.80 Å². The van der Waals surface area contributed by atoms with Crippen LogP contribution in [-0.4, -0.2) is 54.2 Å². The fourth-order valence-electron chi connectivity index (χ4n) is 2.33. The van der Waals surface area contributed by atoms with Gasteiger partial charge < -0.3 is 10.0 Å². The summed E-state index contributed by atoms with van der Waals surface area (Å²) >= 11 is 5.86. The third-order valence-electron chi connectivity index (χ3n) is 3.32. The molecule has 0 radical (unpaired) electrons. The van der Waals surface area contributed by atoms with E-state index in [-0.39, 0.29) is 12.1 Å². The first kappa shape index (κ1) is 12.8. The van der Waals surface area contributed by atoms with Crippen molar-refractivity contribution < 1.29 is 5.11 Å². The molecule has 1 aliphatic heterocycles. The van der Waals surface area contributed by atoms with Crippen molar-refractivity contribution in [2.75, 3.05) is 27.2 Å². The van der Waals surface area contributed by atoms with Crippen LogP contribution >= 0.6 is 11.6 Å². The Kier molecular flexibility index (Phi) is 4.05. The van der Waals surface area contributed by atoms with Gasteiger partial charge in [0.1, 0.15) is 0 Å². The zero-order chi connectivity index (χ0) is 12.4. The van der Waals surface area contributed by atoms with E-state index in [1.165, 1.54) is 5.56 Å². The van der Waals surface area contributed by atoms with Crippen LogP contribution in [0.25, 0.3) is 0 Å². The highest BCUT2D eigenvalue weighted by molar-refractivity contribution is 6.30. The number of rotatable bonds is 3. The summed E-state index contributed by atoms with van der Waals surface area (Å²) < 4.78 is 0. The van der Waals surface area contributed by atoms with Crippen molar-refractivity contribution in [2.45, 2.75) is 18.7 Å². The molecule has 1 aromatic rings. The molecule has 17 heavy (non-hydrogen) atoms. The number of likely N-dealkylation sites (tertiary alicyclic amines) is 1. The molecule has 0 bridgehead atoms. The van der Waals surface area contributed by atoms with Crippen LogP contribution in [0.4, 0.5) is 0 Å². The third-order valence-corrected chi connectivity index (χ3v) is 3.57. The number of halogens is 1. The maximum Gasteiger partial charge on any atom is 0.0834 e. The summed E-state index contributed by atoms with van der Waals surface area (Å²) in [4.78, 5) is 4.37. The van der Waals surface area contributed by atoms with Crippen molar-refractivity contribution in [3.05, 3.63) is 34.9 Å². The van der Waals surface area contributed by atoms with Crippen molar-refractivity contribution in [3.63, 3.8) is 0 Å². The predicted molar refractivity (Wildman–Crippen MR) is 70.2 cm³/mol. The molecule has 0 amide bonds. The molecule has 0 unspecified atom stereocenters. The Hall–Kier alpha value is -0.610. The van der Waals surface area contributed by atoms with Gasteiger partial charge in [0.2, 0.25) is 0 Å². The Morgan fingerprint density at radius 1 is 1.29 bits per heavy atom. The first-order valence-electron chi connectivity index (χ1n) is 5.87. The Morgan fingerprint density at radius 3 is 2.47 bits per heavy atom. The summed E-state index contributed by atoms with van der Waals surface area (Å²) in [6, 6.07) is 8.14. The second-order valence-electron chi connectivity index (χ2n) is 4.92. The molecular weight excluding hydrogens is 236 g/mol. The van der Waals surface area contributed by atoms with E-state index in [0.29, 0.717) is 0 Å². The number of β-amino-alcohol motifs (C(OH)–C–C–N with tert-alkyl or cyclic N) is 1. The van der Waals surface area contributed by atoms with E-state index in [9.17, 15) is 5.11 Å². The van der Waals surface area contributed by atoms with Crippen LogP contribution in [0.1, 0.15) is 5.56 Å². The number of aliphatic hydroxyl groups is 1. The Morgan fingerprint density at radius 2 is 1.94 bits per heavy atom. The van der Waals surface area contributed by atoms with Gasteiger partial charge >= 0.3 is 0 Å². The molecule has 1 N–H and O–H groups in total. The highest BCUT2D eigenvalue weighted by Crippen LogP contribution is 2.18. The predicted octanol–water partition coefficient (Wildman–Crippen LogP) is 1.45. The summed E-state index contributed by atoms with van der Waals surface area (Å²) in [5, 5.41) is 10.7. The van der Waals surface area contributed by atoms with Crippen LogP contribution < -0.4 is 0 Å². The average molecular weight is 255 g/mol. The lowest BCUT2D eigenvalue weighted by Gasteiger charge is -2.21. The minimum atomic E-state index is -0.252. The minimum Gasteiger partial charge on any atom is -0.390 e. The summed E-state index contributed by atoms with van der Waals surface area (Å²) in [6.07, 6.45) is -0.252. The molecule has 0 saturated carbocycles. The van der Waals surface area contributed by atoms with Crippen molar-refractivity contribution in [1.29, 1.82) is 0 Å². The highest BCUT2D eigenvalue weighted by atomic mass is 35.5. The highest BCUT2D eigenvalue weighted by Gasteiger charge is 2.32. The SMILES string of the molecule is CN(C)[C@@H]1CN(Cc2ccc(Cl)cc2)C[C@H]1O. The average Bonchev–Trinajstić information content (AvgIpc) is 2.63. The summed E-state index contributed by atoms with van der Waals surface area (Å²) in [5.74, 6) is 0. The van der Waals surface area contributed by atoms with Crippen molar-refractivity contribution in [2.24, 2.45) is 0 Å². The van der Waals surface area contributed by atoms with Gasteiger partial charge in [-0.05, 0) is 31.8 Å². The van der Waals surface area contributed by atoms with Crippen LogP contribution in [0, 0.1) is 0 Å². The maximum atomic E-state index is 9.95. The maximum absolute atomic E-state index is 9.95. The van der Waals surface area contributed by atoms with Gasteiger partial charge in [0.25, 0.3) is 0 Å². The van der Waals surface area contributed by atoms with Crippen LogP contribution in [0.2, 0.25) is 5.02 Å². The first-order valence-corrected chi connectivity index (χ1v) is 6.25. The number of nitrogens with zero attached hydrogens (tertiary/aromatic N) is 2. The van der Waals surface area contributed by atoms with Gasteiger partial charge in [0, 0.05) is 30.7 Å². The largest absolute Gasteiger partial charge is 0.390 e. The van der Waals surface area contributed by atoms with Gasteiger partial charge in [-0.25, -0.2) is 0 Å². The van der Waals surface area contributed by atoms with E-state index in [0.717, 1.165) is 24.7 Å². The third kappa shape index (κ3) is 3.19. The number of aliphatic hydroxyl groups excluding tert-OH is 1. The van der Waals surface area contributed by atoms with Crippen molar-refractivity contribution in [3.8, 4) is 0 Å². The van der Waals surface area contributed by atoms with Gasteiger partial charge in [0.05, 0.1) is 6.10 Å². The van der Waals surface area contributed by atoms with Gasteiger partial charge in [0.15, 0.2) is 0 Å². The van der Waals surface area contributed by atoms with Crippen LogP contribution in [0.5, 0.6) is 0 Å². The molecular formula is C13H19ClN2O. The standard InChI is InChI=1S/C13H19ClN2O/c1-15(2)12-8-16(9-13(12)17)7-10-3-5-11(14)6-4-10/h3-6,12-13,17H,7-9H2,1-2H3/t12-,13-/m1/s1. The molecule has 1 fully saturated rings. The van der Waals surface area contributed by atoms with E-state index in [1.807, 2.05) is 38.4 Å². The van der Waals surface area contributed by atoms with E-state index < -0.39 is 0 Å². The van der Waals surface area contributed by atoms with Crippen LogP contribution in [-0.2, 0) is 6.54 Å². The van der Waals surface area contributed by atoms with Gasteiger partial charge in [-0.1, -0.05) is 23.7 Å². The number of benzene rings is 1. The lowest BCUT2D eigenvalue weighted by atomic mass is 10.2. The molecule has 94 valence electrons. The minimum absolute atomic E-state index is 0.238. The number of hydrogen-bond acceptors (Lipinski definition) is 3. The Labute approximate surface area is 108 Å². The van der Waals surface area contributed by atoms with Gasteiger partial charge in [-0.15, -0.1) is 0 Å². The lowest BCUT2D eigenvalue weighted by Crippen LogP contribution is -2.37. The zero-order valence-electron chi connectivity index (χ0n) is 10.3. The number of likely N-dealkylation sites (N-methyl/N-ethyl adjacent to an activating group) is 1. The molecule has 3 nitrogen and oxygen atoms in total. The Balaban J connectivity index is 1.95. The topological polar surface area (TPSA) is 26.7 Å². The molecule has 0 aromatic heterocycles. The van der Waals surface area contributed by atoms with E-state index in [1.54, 1.807) is 0 Å². The fraction of sp³-hybridized carbons (Fsp3) is 0.538. The molecule has 0 spiro atoms. The first-order chi connectivity index (χ1) is 8.06. The van der Waals surface area contributed by atoms with Gasteiger partial charge in [-0.2, -0.15) is 0 Å². The molecule has 2 rings (SSSR count). The summed E-state index contributed by atoms with van der Waals surface area (Å²) in [6.45, 7) is 2.53. The van der Waals surface area contributed by atoms with Crippen LogP contribution in [0.3, 0.4) is 0 Å². The molecule has 1 saturated heterocycles. The number of hydrogen-bond donors (Lipinski definition) is 1. The summed E-state index contributed by atoms with van der Waals surface area (Å²) in [5.41, 5.74) is 1.24. The van der Waals surface area contributed by atoms with E-state index in [4.69, 9.17) is 11.6 Å². The fourth-order valence-corrected chi connectivity index (χ4v) is 2.46. The van der Waals surface area contributed by atoms with E-state index >= 15 is 0 Å². The molecule has 1 heterocycles. The molecule has 1 aliphatic rings. The van der Waals surface area contributed by atoms with Crippen LogP contribution in [0.15, 0.2) is 24.3 Å².